The fourth-order valence-corrected chi connectivity index (χ4v) is 1.15. The highest BCUT2D eigenvalue weighted by atomic mass is 16.4. The molecule has 0 saturated carbocycles. The highest BCUT2D eigenvalue weighted by molar-refractivity contribution is 5.67. The molecule has 0 bridgehead atoms. The van der Waals surface area contributed by atoms with Gasteiger partial charge in [-0.3, -0.25) is 4.79 Å². The van der Waals surface area contributed by atoms with Crippen molar-refractivity contribution in [1.29, 1.82) is 0 Å². The number of aryl methyl sites for hydroxylation is 2. The van der Waals surface area contributed by atoms with Gasteiger partial charge in [0.25, 0.3) is 0 Å². The van der Waals surface area contributed by atoms with Gasteiger partial charge >= 0.3 is 5.97 Å². The lowest BCUT2D eigenvalue weighted by Gasteiger charge is -1.96. The average molecular weight is 167 g/mol. The Kier molecular flexibility index (Phi) is 2.53. The van der Waals surface area contributed by atoms with Crippen molar-refractivity contribution in [1.82, 2.24) is 4.98 Å². The van der Waals surface area contributed by atoms with E-state index in [2.05, 4.69) is 4.98 Å². The molecule has 0 radical (unpaired) electrons. The monoisotopic (exact) mass is 167 g/mol. The molecule has 1 aromatic heterocycles. The van der Waals surface area contributed by atoms with E-state index in [1.54, 1.807) is 0 Å². The fraction of sp³-hybridized carbons (Fsp3) is 0.444. The van der Waals surface area contributed by atoms with Crippen LogP contribution in [0.4, 0.5) is 0 Å². The van der Waals surface area contributed by atoms with Gasteiger partial charge in [-0.1, -0.05) is 0 Å². The number of aromatic amines is 1. The van der Waals surface area contributed by atoms with Crippen LogP contribution in [0.25, 0.3) is 0 Å². The highest BCUT2D eigenvalue weighted by Crippen LogP contribution is 2.13. The van der Waals surface area contributed by atoms with E-state index in [-0.39, 0.29) is 6.42 Å². The first-order valence-electron chi connectivity index (χ1n) is 3.96. The molecule has 0 saturated heterocycles. The van der Waals surface area contributed by atoms with Gasteiger partial charge in [-0.2, -0.15) is 0 Å². The third-order valence-corrected chi connectivity index (χ3v) is 2.12. The predicted molar refractivity (Wildman–Crippen MR) is 46.2 cm³/mol. The van der Waals surface area contributed by atoms with Gasteiger partial charge in [-0.15, -0.1) is 0 Å². The summed E-state index contributed by atoms with van der Waals surface area (Å²) < 4.78 is 0. The Morgan fingerprint density at radius 3 is 2.67 bits per heavy atom. The molecule has 1 rings (SSSR count). The molecule has 0 aliphatic carbocycles. The zero-order valence-electron chi connectivity index (χ0n) is 7.35. The number of hydrogen-bond acceptors (Lipinski definition) is 1. The number of H-pyrrole nitrogens is 1. The summed E-state index contributed by atoms with van der Waals surface area (Å²) in [5, 5.41) is 8.46. The lowest BCUT2D eigenvalue weighted by molar-refractivity contribution is -0.136. The van der Waals surface area contributed by atoms with Crippen LogP contribution in [-0.4, -0.2) is 16.1 Å². The van der Waals surface area contributed by atoms with Gasteiger partial charge in [0.15, 0.2) is 0 Å². The number of aromatic nitrogens is 1. The Morgan fingerprint density at radius 1 is 1.58 bits per heavy atom. The smallest absolute Gasteiger partial charge is 0.303 e. The SMILES string of the molecule is Cc1[nH]cc(CCC(=O)O)c1C. The van der Waals surface area contributed by atoms with Gasteiger partial charge in [0.05, 0.1) is 0 Å². The Labute approximate surface area is 71.4 Å². The van der Waals surface area contributed by atoms with Crippen molar-refractivity contribution >= 4 is 5.97 Å². The van der Waals surface area contributed by atoms with Crippen LogP contribution in [-0.2, 0) is 11.2 Å². The summed E-state index contributed by atoms with van der Waals surface area (Å²) in [5.41, 5.74) is 3.40. The van der Waals surface area contributed by atoms with Gasteiger partial charge < -0.3 is 10.1 Å². The number of carboxylic acids is 1. The third-order valence-electron chi connectivity index (χ3n) is 2.12. The van der Waals surface area contributed by atoms with E-state index in [4.69, 9.17) is 5.11 Å². The number of hydrogen-bond donors (Lipinski definition) is 2. The molecule has 3 nitrogen and oxygen atoms in total. The molecule has 0 fully saturated rings. The standard InChI is InChI=1S/C9H13NO2/c1-6-7(2)10-5-8(6)3-4-9(11)12/h5,10H,3-4H2,1-2H3,(H,11,12). The first-order chi connectivity index (χ1) is 5.61. The summed E-state index contributed by atoms with van der Waals surface area (Å²) in [4.78, 5) is 13.3. The van der Waals surface area contributed by atoms with E-state index in [0.29, 0.717) is 6.42 Å². The minimum atomic E-state index is -0.742. The third kappa shape index (κ3) is 1.87. The topological polar surface area (TPSA) is 53.1 Å². The molecule has 2 N–H and O–H groups in total. The maximum Gasteiger partial charge on any atom is 0.303 e. The van der Waals surface area contributed by atoms with Crippen molar-refractivity contribution in [2.45, 2.75) is 26.7 Å². The Morgan fingerprint density at radius 2 is 2.25 bits per heavy atom. The Hall–Kier alpha value is -1.25. The summed E-state index contributed by atoms with van der Waals surface area (Å²) in [5.74, 6) is -0.742. The van der Waals surface area contributed by atoms with E-state index >= 15 is 0 Å². The minimum Gasteiger partial charge on any atom is -0.481 e. The van der Waals surface area contributed by atoms with Crippen molar-refractivity contribution < 1.29 is 9.90 Å². The van der Waals surface area contributed by atoms with E-state index in [1.807, 2.05) is 20.0 Å². The maximum atomic E-state index is 10.3. The number of rotatable bonds is 3. The first-order valence-corrected chi connectivity index (χ1v) is 3.96. The Balaban J connectivity index is 2.63. The lowest BCUT2D eigenvalue weighted by Crippen LogP contribution is -1.97. The largest absolute Gasteiger partial charge is 0.481 e. The van der Waals surface area contributed by atoms with Gasteiger partial charge in [0.1, 0.15) is 0 Å². The van der Waals surface area contributed by atoms with Crippen LogP contribution in [0.1, 0.15) is 23.2 Å². The maximum absolute atomic E-state index is 10.3. The van der Waals surface area contributed by atoms with Gasteiger partial charge in [-0.05, 0) is 31.4 Å². The molecule has 1 aromatic rings. The summed E-state index contributed by atoms with van der Waals surface area (Å²) in [6.07, 6.45) is 2.71. The summed E-state index contributed by atoms with van der Waals surface area (Å²) in [6.45, 7) is 3.99. The summed E-state index contributed by atoms with van der Waals surface area (Å²) in [7, 11) is 0. The van der Waals surface area contributed by atoms with Crippen LogP contribution in [0.15, 0.2) is 6.20 Å². The zero-order chi connectivity index (χ0) is 9.14. The van der Waals surface area contributed by atoms with Gasteiger partial charge in [-0.25, -0.2) is 0 Å². The van der Waals surface area contributed by atoms with E-state index in [1.165, 1.54) is 5.56 Å². The van der Waals surface area contributed by atoms with Crippen LogP contribution < -0.4 is 0 Å². The molecular formula is C9H13NO2. The van der Waals surface area contributed by atoms with Gasteiger partial charge in [0.2, 0.25) is 0 Å². The minimum absolute atomic E-state index is 0.206. The molecule has 66 valence electrons. The van der Waals surface area contributed by atoms with Crippen LogP contribution in [0.3, 0.4) is 0 Å². The molecule has 0 aliphatic rings. The normalized spacial score (nSPS) is 10.2. The molecule has 0 spiro atoms. The summed E-state index contributed by atoms with van der Waals surface area (Å²) >= 11 is 0. The highest BCUT2D eigenvalue weighted by Gasteiger charge is 2.04. The second kappa shape index (κ2) is 3.43. The lowest BCUT2D eigenvalue weighted by atomic mass is 10.1. The van der Waals surface area contributed by atoms with Crippen LogP contribution >= 0.6 is 0 Å². The van der Waals surface area contributed by atoms with Crippen molar-refractivity contribution in [3.05, 3.63) is 23.0 Å². The second-order valence-corrected chi connectivity index (χ2v) is 2.96. The Bertz CT molecular complexity index is 289. The van der Waals surface area contributed by atoms with Crippen molar-refractivity contribution in [2.75, 3.05) is 0 Å². The molecule has 0 unspecified atom stereocenters. The molecular weight excluding hydrogens is 154 g/mol. The first kappa shape index (κ1) is 8.84. The van der Waals surface area contributed by atoms with Crippen molar-refractivity contribution in [3.63, 3.8) is 0 Å². The average Bonchev–Trinajstić information content (AvgIpc) is 2.30. The van der Waals surface area contributed by atoms with E-state index in [9.17, 15) is 4.79 Å². The molecule has 0 amide bonds. The predicted octanol–water partition coefficient (Wildman–Crippen LogP) is 1.65. The summed E-state index contributed by atoms with van der Waals surface area (Å²) in [6, 6.07) is 0. The second-order valence-electron chi connectivity index (χ2n) is 2.96. The number of carbonyl (C=O) groups is 1. The quantitative estimate of drug-likeness (QED) is 0.719. The van der Waals surface area contributed by atoms with Gasteiger partial charge in [0, 0.05) is 18.3 Å². The molecule has 3 heteroatoms. The zero-order valence-corrected chi connectivity index (χ0v) is 7.35. The molecule has 1 heterocycles. The number of nitrogens with one attached hydrogen (secondary N) is 1. The molecule has 0 atom stereocenters. The fourth-order valence-electron chi connectivity index (χ4n) is 1.15. The molecule has 0 aliphatic heterocycles. The van der Waals surface area contributed by atoms with Crippen LogP contribution in [0.5, 0.6) is 0 Å². The molecule has 12 heavy (non-hydrogen) atoms. The number of aliphatic carboxylic acids is 1. The molecule has 0 aromatic carbocycles. The van der Waals surface area contributed by atoms with Crippen LogP contribution in [0, 0.1) is 13.8 Å². The van der Waals surface area contributed by atoms with Crippen molar-refractivity contribution in [3.8, 4) is 0 Å². The number of carboxylic acid groups (broad SMARTS) is 1. The van der Waals surface area contributed by atoms with E-state index in [0.717, 1.165) is 11.3 Å². The van der Waals surface area contributed by atoms with Crippen molar-refractivity contribution in [2.24, 2.45) is 0 Å². The van der Waals surface area contributed by atoms with Crippen LogP contribution in [0.2, 0.25) is 0 Å². The van der Waals surface area contributed by atoms with E-state index < -0.39 is 5.97 Å².